The third-order valence-electron chi connectivity index (χ3n) is 3.41. The van der Waals surface area contributed by atoms with Crippen molar-refractivity contribution in [3.63, 3.8) is 0 Å². The maximum atomic E-state index is 12.4. The van der Waals surface area contributed by atoms with E-state index >= 15 is 0 Å². The van der Waals surface area contributed by atoms with Crippen molar-refractivity contribution in [2.45, 2.75) is 0 Å². The van der Waals surface area contributed by atoms with Crippen LogP contribution in [0.2, 0.25) is 0 Å². The van der Waals surface area contributed by atoms with Crippen LogP contribution in [0.3, 0.4) is 0 Å². The number of benzene rings is 2. The van der Waals surface area contributed by atoms with E-state index in [1.807, 2.05) is 0 Å². The van der Waals surface area contributed by atoms with Gasteiger partial charge in [0.25, 0.3) is 11.8 Å². The van der Waals surface area contributed by atoms with Gasteiger partial charge in [-0.3, -0.25) is 9.59 Å². The topological polar surface area (TPSA) is 76.7 Å². The number of hydrogen-bond acceptors (Lipinski definition) is 4. The van der Waals surface area contributed by atoms with E-state index in [1.54, 1.807) is 42.5 Å². The molecule has 1 aliphatic heterocycles. The predicted molar refractivity (Wildman–Crippen MR) is 88.1 cm³/mol. The second-order valence-corrected chi connectivity index (χ2v) is 4.95. The van der Waals surface area contributed by atoms with Gasteiger partial charge < -0.3 is 20.1 Å². The largest absolute Gasteiger partial charge is 0.454 e. The van der Waals surface area contributed by atoms with Crippen molar-refractivity contribution < 1.29 is 19.1 Å². The third kappa shape index (κ3) is 3.15. The smallest absolute Gasteiger partial charge is 0.255 e. The van der Waals surface area contributed by atoms with Gasteiger partial charge in [-0.1, -0.05) is 18.1 Å². The molecule has 1 heterocycles. The summed E-state index contributed by atoms with van der Waals surface area (Å²) in [5.41, 5.74) is 1.13. The molecule has 0 atom stereocenters. The zero-order valence-corrected chi connectivity index (χ0v) is 12.7. The number of ether oxygens (including phenoxy) is 2. The minimum atomic E-state index is -0.356. The molecule has 0 saturated carbocycles. The maximum absolute atomic E-state index is 12.4. The first-order valence-electron chi connectivity index (χ1n) is 7.21. The molecular weight excluding hydrogens is 308 g/mol. The van der Waals surface area contributed by atoms with Crippen LogP contribution in [0, 0.1) is 12.3 Å². The number of anilines is 1. The van der Waals surface area contributed by atoms with Crippen molar-refractivity contribution in [3.05, 3.63) is 53.6 Å². The number of nitrogens with one attached hydrogen (secondary N) is 2. The number of hydrogen-bond donors (Lipinski definition) is 2. The van der Waals surface area contributed by atoms with Gasteiger partial charge in [0.1, 0.15) is 0 Å². The molecule has 1 aliphatic rings. The number of fused-ring (bicyclic) bond motifs is 1. The van der Waals surface area contributed by atoms with E-state index in [4.69, 9.17) is 15.9 Å². The molecule has 0 unspecified atom stereocenters. The Morgan fingerprint density at radius 2 is 1.88 bits per heavy atom. The fourth-order valence-electron chi connectivity index (χ4n) is 2.25. The lowest BCUT2D eigenvalue weighted by Crippen LogP contribution is -2.25. The first-order valence-corrected chi connectivity index (χ1v) is 7.21. The van der Waals surface area contributed by atoms with Crippen LogP contribution in [-0.2, 0) is 0 Å². The Kier molecular flexibility index (Phi) is 4.34. The van der Waals surface area contributed by atoms with Gasteiger partial charge in [-0.05, 0) is 30.3 Å². The van der Waals surface area contributed by atoms with Gasteiger partial charge >= 0.3 is 0 Å². The summed E-state index contributed by atoms with van der Waals surface area (Å²) in [5, 5.41) is 5.30. The zero-order chi connectivity index (χ0) is 16.9. The summed E-state index contributed by atoms with van der Waals surface area (Å²) in [7, 11) is 0. The Morgan fingerprint density at radius 1 is 1.08 bits per heavy atom. The second kappa shape index (κ2) is 6.75. The van der Waals surface area contributed by atoms with Crippen LogP contribution in [-0.4, -0.2) is 25.2 Å². The van der Waals surface area contributed by atoms with Crippen LogP contribution in [0.25, 0.3) is 0 Å². The number of carbonyl (C=O) groups is 2. The summed E-state index contributed by atoms with van der Waals surface area (Å²) in [6.45, 7) is 0.252. The average molecular weight is 322 g/mol. The summed E-state index contributed by atoms with van der Waals surface area (Å²) in [5.74, 6) is 2.74. The molecule has 24 heavy (non-hydrogen) atoms. The quantitative estimate of drug-likeness (QED) is 0.845. The fraction of sp³-hybridized carbons (Fsp3) is 0.111. The van der Waals surface area contributed by atoms with Gasteiger partial charge in [-0.2, -0.15) is 0 Å². The Bertz CT molecular complexity index is 839. The molecule has 0 radical (unpaired) electrons. The van der Waals surface area contributed by atoms with Gasteiger partial charge in [0.2, 0.25) is 6.79 Å². The molecule has 6 nitrogen and oxygen atoms in total. The lowest BCUT2D eigenvalue weighted by molar-refractivity contribution is 0.0959. The lowest BCUT2D eigenvalue weighted by Gasteiger charge is -2.11. The van der Waals surface area contributed by atoms with Gasteiger partial charge in [0.15, 0.2) is 11.5 Å². The summed E-state index contributed by atoms with van der Waals surface area (Å²) in [6.07, 6.45) is 5.14. The molecule has 2 aromatic rings. The summed E-state index contributed by atoms with van der Waals surface area (Å²) in [4.78, 5) is 24.5. The van der Waals surface area contributed by atoms with E-state index in [1.165, 1.54) is 0 Å². The number of rotatable bonds is 4. The Labute approximate surface area is 138 Å². The van der Waals surface area contributed by atoms with Gasteiger partial charge in [0.05, 0.1) is 17.8 Å². The van der Waals surface area contributed by atoms with Crippen LogP contribution < -0.4 is 20.1 Å². The molecule has 6 heteroatoms. The van der Waals surface area contributed by atoms with Crippen molar-refractivity contribution in [3.8, 4) is 23.8 Å². The Morgan fingerprint density at radius 3 is 2.71 bits per heavy atom. The summed E-state index contributed by atoms with van der Waals surface area (Å²) < 4.78 is 10.5. The van der Waals surface area contributed by atoms with E-state index < -0.39 is 0 Å². The number of para-hydroxylation sites is 1. The lowest BCUT2D eigenvalue weighted by atomic mass is 10.1. The zero-order valence-electron chi connectivity index (χ0n) is 12.7. The monoisotopic (exact) mass is 322 g/mol. The molecule has 0 saturated heterocycles. The highest BCUT2D eigenvalue weighted by Gasteiger charge is 2.18. The molecule has 0 fully saturated rings. The molecule has 2 amide bonds. The van der Waals surface area contributed by atoms with Crippen LogP contribution in [0.5, 0.6) is 11.5 Å². The Balaban J connectivity index is 1.80. The number of carbonyl (C=O) groups excluding carboxylic acids is 2. The number of amides is 2. The molecule has 0 aromatic heterocycles. The Hall–Kier alpha value is -3.46. The second-order valence-electron chi connectivity index (χ2n) is 4.95. The van der Waals surface area contributed by atoms with Crippen molar-refractivity contribution in [2.24, 2.45) is 0 Å². The SMILES string of the molecule is C#CCNC(=O)c1ccccc1NC(=O)c1ccc2c(c1)OCO2. The summed E-state index contributed by atoms with van der Waals surface area (Å²) in [6, 6.07) is 11.6. The minimum absolute atomic E-state index is 0.114. The first kappa shape index (κ1) is 15.4. The highest BCUT2D eigenvalue weighted by Crippen LogP contribution is 2.32. The van der Waals surface area contributed by atoms with Gasteiger partial charge in [-0.15, -0.1) is 6.42 Å². The molecule has 2 N–H and O–H groups in total. The standard InChI is InChI=1S/C18H14N2O4/c1-2-9-19-18(22)13-5-3-4-6-14(13)20-17(21)12-7-8-15-16(10-12)24-11-23-15/h1,3-8,10H,9,11H2,(H,19,22)(H,20,21). The maximum Gasteiger partial charge on any atom is 0.255 e. The third-order valence-corrected chi connectivity index (χ3v) is 3.41. The molecule has 0 bridgehead atoms. The van der Waals surface area contributed by atoms with Crippen LogP contribution in [0.1, 0.15) is 20.7 Å². The number of terminal acetylenes is 1. The highest BCUT2D eigenvalue weighted by atomic mass is 16.7. The average Bonchev–Trinajstić information content (AvgIpc) is 3.07. The van der Waals surface area contributed by atoms with Gasteiger partial charge in [0, 0.05) is 5.56 Å². The van der Waals surface area contributed by atoms with Crippen molar-refractivity contribution in [2.75, 3.05) is 18.7 Å². The molecule has 120 valence electrons. The van der Waals surface area contributed by atoms with Crippen molar-refractivity contribution >= 4 is 17.5 Å². The van der Waals surface area contributed by atoms with E-state index in [0.29, 0.717) is 28.3 Å². The predicted octanol–water partition coefficient (Wildman–Crippen LogP) is 2.03. The molecule has 2 aromatic carbocycles. The van der Waals surface area contributed by atoms with Gasteiger partial charge in [-0.25, -0.2) is 0 Å². The van der Waals surface area contributed by atoms with Crippen molar-refractivity contribution in [1.82, 2.24) is 5.32 Å². The highest BCUT2D eigenvalue weighted by molar-refractivity contribution is 6.09. The first-order chi connectivity index (χ1) is 11.7. The van der Waals surface area contributed by atoms with Crippen LogP contribution in [0.4, 0.5) is 5.69 Å². The van der Waals surface area contributed by atoms with E-state index in [2.05, 4.69) is 16.6 Å². The fourth-order valence-corrected chi connectivity index (χ4v) is 2.25. The van der Waals surface area contributed by atoms with Crippen LogP contribution in [0.15, 0.2) is 42.5 Å². The molecule has 0 aliphatic carbocycles. The van der Waals surface area contributed by atoms with E-state index in [-0.39, 0.29) is 25.2 Å². The summed E-state index contributed by atoms with van der Waals surface area (Å²) >= 11 is 0. The van der Waals surface area contributed by atoms with E-state index in [0.717, 1.165) is 0 Å². The normalized spacial score (nSPS) is 11.5. The van der Waals surface area contributed by atoms with E-state index in [9.17, 15) is 9.59 Å². The molecule has 3 rings (SSSR count). The minimum Gasteiger partial charge on any atom is -0.454 e. The molecular formula is C18H14N2O4. The van der Waals surface area contributed by atoms with Crippen LogP contribution >= 0.6 is 0 Å². The molecule has 0 spiro atoms. The van der Waals surface area contributed by atoms with Crippen molar-refractivity contribution in [1.29, 1.82) is 0 Å².